The van der Waals surface area contributed by atoms with Gasteiger partial charge in [-0.3, -0.25) is 19.3 Å². The third kappa shape index (κ3) is 7.68. The van der Waals surface area contributed by atoms with Crippen LogP contribution in [0.2, 0.25) is 0 Å². The molecule has 176 valence electrons. The lowest BCUT2D eigenvalue weighted by atomic mass is 10.1. The smallest absolute Gasteiger partial charge is 0.313 e. The predicted octanol–water partition coefficient (Wildman–Crippen LogP) is 3.30. The Morgan fingerprint density at radius 2 is 1.70 bits per heavy atom. The number of nitrogens with zero attached hydrogens (tertiary/aromatic N) is 2. The van der Waals surface area contributed by atoms with Crippen molar-refractivity contribution in [3.63, 3.8) is 0 Å². The summed E-state index contributed by atoms with van der Waals surface area (Å²) in [6, 6.07) is 15.0. The number of rotatable bonds is 8. The molecule has 0 spiro atoms. The molecule has 0 aliphatic carbocycles. The third-order valence-corrected chi connectivity index (χ3v) is 6.17. The first-order chi connectivity index (χ1) is 16.0. The summed E-state index contributed by atoms with van der Waals surface area (Å²) in [4.78, 5) is 40.9. The van der Waals surface area contributed by atoms with E-state index in [0.717, 1.165) is 36.8 Å². The summed E-state index contributed by atoms with van der Waals surface area (Å²) in [5, 5.41) is 5.32. The van der Waals surface area contributed by atoms with Crippen LogP contribution < -0.4 is 10.6 Å². The first kappa shape index (κ1) is 24.9. The van der Waals surface area contributed by atoms with E-state index >= 15 is 0 Å². The van der Waals surface area contributed by atoms with Crippen LogP contribution in [0.5, 0.6) is 0 Å². The van der Waals surface area contributed by atoms with Gasteiger partial charge in [0, 0.05) is 55.0 Å². The van der Waals surface area contributed by atoms with Crippen LogP contribution in [-0.2, 0) is 16.0 Å². The second-order valence-corrected chi connectivity index (χ2v) is 9.07. The summed E-state index contributed by atoms with van der Waals surface area (Å²) in [6.45, 7) is 5.88. The Morgan fingerprint density at radius 1 is 0.970 bits per heavy atom. The number of hydrogen-bond donors (Lipinski definition) is 2. The fourth-order valence-electron chi connectivity index (χ4n) is 3.71. The van der Waals surface area contributed by atoms with E-state index in [1.54, 1.807) is 0 Å². The number of anilines is 1. The molecule has 1 aliphatic rings. The lowest BCUT2D eigenvalue weighted by Gasteiger charge is -2.34. The molecular weight excluding hydrogens is 484 g/mol. The minimum atomic E-state index is -0.666. The summed E-state index contributed by atoms with van der Waals surface area (Å²) >= 11 is 3.40. The Balaban J connectivity index is 1.35. The Kier molecular flexibility index (Phi) is 9.45. The maximum atomic E-state index is 12.6. The molecule has 1 fully saturated rings. The number of unbranched alkanes of at least 4 members (excludes halogenated alkanes) is 1. The highest BCUT2D eigenvalue weighted by molar-refractivity contribution is 9.10. The Hall–Kier alpha value is -2.71. The van der Waals surface area contributed by atoms with Gasteiger partial charge in [0.15, 0.2) is 0 Å². The van der Waals surface area contributed by atoms with Crippen molar-refractivity contribution >= 4 is 39.3 Å². The summed E-state index contributed by atoms with van der Waals surface area (Å²) < 4.78 is 0.885. The molecule has 0 bridgehead atoms. The van der Waals surface area contributed by atoms with Gasteiger partial charge in [0.25, 0.3) is 5.91 Å². The lowest BCUT2D eigenvalue weighted by Crippen LogP contribution is -2.50. The van der Waals surface area contributed by atoms with Gasteiger partial charge in [-0.05, 0) is 48.7 Å². The van der Waals surface area contributed by atoms with Crippen molar-refractivity contribution in [3.8, 4) is 0 Å². The minimum Gasteiger partial charge on any atom is -0.347 e. The Bertz CT molecular complexity index is 956. The molecule has 2 aromatic carbocycles. The molecule has 1 heterocycles. The van der Waals surface area contributed by atoms with E-state index < -0.39 is 11.8 Å². The van der Waals surface area contributed by atoms with Crippen LogP contribution in [0.3, 0.4) is 0 Å². The van der Waals surface area contributed by atoms with Gasteiger partial charge in [0.05, 0.1) is 0 Å². The van der Waals surface area contributed by atoms with Crippen molar-refractivity contribution in [3.05, 3.63) is 64.1 Å². The van der Waals surface area contributed by atoms with Crippen molar-refractivity contribution < 1.29 is 14.4 Å². The standard InChI is InChI=1S/C25H31BrN4O3/c1-2-3-5-19-8-10-22(11-9-19)28-24(32)23(31)27-12-13-29-14-16-30(17-15-29)25(33)20-6-4-7-21(26)18-20/h4,6-11,18H,2-3,5,12-17H2,1H3,(H,27,31)(H,28,32). The molecule has 33 heavy (non-hydrogen) atoms. The molecule has 2 N–H and O–H groups in total. The van der Waals surface area contributed by atoms with E-state index in [1.165, 1.54) is 5.56 Å². The number of amides is 3. The Labute approximate surface area is 203 Å². The van der Waals surface area contributed by atoms with Crippen LogP contribution in [0.4, 0.5) is 5.69 Å². The third-order valence-electron chi connectivity index (χ3n) is 5.68. The van der Waals surface area contributed by atoms with Crippen LogP contribution in [0.15, 0.2) is 53.0 Å². The quantitative estimate of drug-likeness (QED) is 0.529. The molecule has 1 saturated heterocycles. The molecule has 0 atom stereocenters. The average Bonchev–Trinajstić information content (AvgIpc) is 2.83. The molecule has 3 amide bonds. The van der Waals surface area contributed by atoms with Gasteiger partial charge in [0.1, 0.15) is 0 Å². The second-order valence-electron chi connectivity index (χ2n) is 8.15. The number of carbonyl (C=O) groups excluding carboxylic acids is 3. The molecule has 0 radical (unpaired) electrons. The molecule has 8 heteroatoms. The number of piperazine rings is 1. The SMILES string of the molecule is CCCCc1ccc(NC(=O)C(=O)NCCN2CCN(C(=O)c3cccc(Br)c3)CC2)cc1. The van der Waals surface area contributed by atoms with Crippen molar-refractivity contribution in [1.82, 2.24) is 15.1 Å². The van der Waals surface area contributed by atoms with Crippen LogP contribution in [0.25, 0.3) is 0 Å². The van der Waals surface area contributed by atoms with E-state index in [9.17, 15) is 14.4 Å². The van der Waals surface area contributed by atoms with Gasteiger partial charge in [-0.25, -0.2) is 0 Å². The number of hydrogen-bond acceptors (Lipinski definition) is 4. The fraction of sp³-hybridized carbons (Fsp3) is 0.400. The van der Waals surface area contributed by atoms with E-state index in [2.05, 4.69) is 38.4 Å². The Morgan fingerprint density at radius 3 is 2.36 bits per heavy atom. The van der Waals surface area contributed by atoms with Gasteiger partial charge < -0.3 is 15.5 Å². The van der Waals surface area contributed by atoms with Crippen LogP contribution in [0.1, 0.15) is 35.7 Å². The highest BCUT2D eigenvalue weighted by atomic mass is 79.9. The minimum absolute atomic E-state index is 0.0271. The predicted molar refractivity (Wildman–Crippen MR) is 133 cm³/mol. The van der Waals surface area contributed by atoms with Crippen molar-refractivity contribution in [1.29, 1.82) is 0 Å². The van der Waals surface area contributed by atoms with E-state index in [4.69, 9.17) is 0 Å². The summed E-state index contributed by atoms with van der Waals surface area (Å²) in [6.07, 6.45) is 3.28. The second kappa shape index (κ2) is 12.5. The van der Waals surface area contributed by atoms with Gasteiger partial charge >= 0.3 is 11.8 Å². The van der Waals surface area contributed by atoms with Crippen molar-refractivity contribution in [2.75, 3.05) is 44.6 Å². The molecule has 0 unspecified atom stereocenters. The number of halogens is 1. The van der Waals surface area contributed by atoms with E-state index in [0.29, 0.717) is 37.4 Å². The topological polar surface area (TPSA) is 81.8 Å². The van der Waals surface area contributed by atoms with E-state index in [1.807, 2.05) is 53.4 Å². The number of aryl methyl sites for hydroxylation is 1. The lowest BCUT2D eigenvalue weighted by molar-refractivity contribution is -0.136. The maximum absolute atomic E-state index is 12.6. The highest BCUT2D eigenvalue weighted by Gasteiger charge is 2.22. The summed E-state index contributed by atoms with van der Waals surface area (Å²) in [5.41, 5.74) is 2.51. The number of nitrogens with one attached hydrogen (secondary N) is 2. The van der Waals surface area contributed by atoms with Gasteiger partial charge in [-0.2, -0.15) is 0 Å². The highest BCUT2D eigenvalue weighted by Crippen LogP contribution is 2.15. The zero-order valence-electron chi connectivity index (χ0n) is 19.0. The average molecular weight is 515 g/mol. The van der Waals surface area contributed by atoms with Crippen LogP contribution >= 0.6 is 15.9 Å². The van der Waals surface area contributed by atoms with Crippen molar-refractivity contribution in [2.24, 2.45) is 0 Å². The largest absolute Gasteiger partial charge is 0.347 e. The molecule has 0 aromatic heterocycles. The first-order valence-electron chi connectivity index (χ1n) is 11.4. The van der Waals surface area contributed by atoms with Crippen LogP contribution in [0, 0.1) is 0 Å². The molecule has 0 saturated carbocycles. The molecule has 1 aliphatic heterocycles. The first-order valence-corrected chi connectivity index (χ1v) is 12.2. The summed E-state index contributed by atoms with van der Waals surface area (Å²) in [7, 11) is 0. The normalized spacial score (nSPS) is 14.1. The molecular formula is C25H31BrN4O3. The van der Waals surface area contributed by atoms with Crippen molar-refractivity contribution in [2.45, 2.75) is 26.2 Å². The number of benzene rings is 2. The van der Waals surface area contributed by atoms with Gasteiger partial charge in [0.2, 0.25) is 0 Å². The zero-order valence-corrected chi connectivity index (χ0v) is 20.6. The maximum Gasteiger partial charge on any atom is 0.313 e. The molecule has 3 rings (SSSR count). The monoisotopic (exact) mass is 514 g/mol. The zero-order chi connectivity index (χ0) is 23.6. The fourth-order valence-corrected chi connectivity index (χ4v) is 4.11. The molecule has 7 nitrogen and oxygen atoms in total. The number of carbonyl (C=O) groups is 3. The summed E-state index contributed by atoms with van der Waals surface area (Å²) in [5.74, 6) is -1.28. The van der Waals surface area contributed by atoms with Crippen LogP contribution in [-0.4, -0.2) is 66.8 Å². The van der Waals surface area contributed by atoms with Gasteiger partial charge in [-0.15, -0.1) is 0 Å². The molecule has 2 aromatic rings. The van der Waals surface area contributed by atoms with E-state index in [-0.39, 0.29) is 5.91 Å². The van der Waals surface area contributed by atoms with Gasteiger partial charge in [-0.1, -0.05) is 47.5 Å².